The number of carbonyl (C=O) groups is 1. The van der Waals surface area contributed by atoms with Crippen LogP contribution < -0.4 is 0 Å². The second-order valence-corrected chi connectivity index (χ2v) is 4.88. The average Bonchev–Trinajstić information content (AvgIpc) is 2.82. The van der Waals surface area contributed by atoms with Crippen molar-refractivity contribution in [3.05, 3.63) is 47.5 Å². The van der Waals surface area contributed by atoms with E-state index in [0.717, 1.165) is 12.8 Å². The summed E-state index contributed by atoms with van der Waals surface area (Å²) in [6.45, 7) is 0. The molecule has 1 aliphatic rings. The second kappa shape index (κ2) is 4.45. The summed E-state index contributed by atoms with van der Waals surface area (Å²) in [7, 11) is 1.46. The minimum Gasteiger partial charge on any atom is -0.469 e. The lowest BCUT2D eigenvalue weighted by Crippen LogP contribution is -2.06. The molecule has 0 N–H and O–H groups in total. The third-order valence-electron chi connectivity index (χ3n) is 3.87. The van der Waals surface area contributed by atoms with Crippen molar-refractivity contribution < 1.29 is 9.53 Å². The van der Waals surface area contributed by atoms with E-state index in [9.17, 15) is 4.79 Å². The van der Waals surface area contributed by atoms with Crippen LogP contribution in [0.15, 0.2) is 36.4 Å². The van der Waals surface area contributed by atoms with Crippen molar-refractivity contribution in [3.8, 4) is 0 Å². The van der Waals surface area contributed by atoms with Crippen molar-refractivity contribution in [1.82, 2.24) is 0 Å². The van der Waals surface area contributed by atoms with Gasteiger partial charge in [-0.25, -0.2) is 0 Å². The summed E-state index contributed by atoms with van der Waals surface area (Å²) >= 11 is 0. The summed E-state index contributed by atoms with van der Waals surface area (Å²) < 4.78 is 4.80. The summed E-state index contributed by atoms with van der Waals surface area (Å²) in [5.41, 5.74) is 2.75. The molecule has 0 heterocycles. The highest BCUT2D eigenvalue weighted by Crippen LogP contribution is 2.40. The summed E-state index contributed by atoms with van der Waals surface area (Å²) in [5, 5.41) is 2.55. The number of hydrogen-bond acceptors (Lipinski definition) is 2. The third-order valence-corrected chi connectivity index (χ3v) is 3.87. The normalized spacial score (nSPS) is 17.7. The number of ether oxygens (including phenoxy) is 1. The fraction of sp³-hybridized carbons (Fsp3) is 0.312. The molecule has 2 nitrogen and oxygen atoms in total. The van der Waals surface area contributed by atoms with Crippen LogP contribution in [-0.4, -0.2) is 13.1 Å². The van der Waals surface area contributed by atoms with Crippen LogP contribution in [0, 0.1) is 0 Å². The van der Waals surface area contributed by atoms with Gasteiger partial charge < -0.3 is 4.74 Å². The van der Waals surface area contributed by atoms with Gasteiger partial charge in [0.05, 0.1) is 13.5 Å². The van der Waals surface area contributed by atoms with Gasteiger partial charge in [0.2, 0.25) is 0 Å². The van der Waals surface area contributed by atoms with Gasteiger partial charge in [0.25, 0.3) is 0 Å². The Morgan fingerprint density at radius 1 is 1.28 bits per heavy atom. The summed E-state index contributed by atoms with van der Waals surface area (Å²) in [4.78, 5) is 11.5. The standard InChI is InChI=1S/C16H16O2/c1-18-15(17)10-13-9-8-12-7-6-11-4-2-3-5-14(11)16(12)13/h2-7,13H,8-10H2,1H3. The first-order valence-electron chi connectivity index (χ1n) is 6.37. The molecule has 0 bridgehead atoms. The highest BCUT2D eigenvalue weighted by Gasteiger charge is 2.26. The lowest BCUT2D eigenvalue weighted by atomic mass is 9.92. The average molecular weight is 240 g/mol. The molecule has 1 unspecified atom stereocenters. The minimum atomic E-state index is -0.110. The van der Waals surface area contributed by atoms with Crippen molar-refractivity contribution in [1.29, 1.82) is 0 Å². The van der Waals surface area contributed by atoms with E-state index < -0.39 is 0 Å². The van der Waals surface area contributed by atoms with Crippen LogP contribution in [0.25, 0.3) is 10.8 Å². The van der Waals surface area contributed by atoms with Gasteiger partial charge in [-0.05, 0) is 40.7 Å². The highest BCUT2D eigenvalue weighted by molar-refractivity contribution is 5.88. The fourth-order valence-corrected chi connectivity index (χ4v) is 3.00. The molecular weight excluding hydrogens is 224 g/mol. The molecule has 0 radical (unpaired) electrons. The van der Waals surface area contributed by atoms with Gasteiger partial charge in [-0.3, -0.25) is 4.79 Å². The molecule has 0 fully saturated rings. The first-order valence-corrected chi connectivity index (χ1v) is 6.37. The van der Waals surface area contributed by atoms with E-state index in [4.69, 9.17) is 4.74 Å². The van der Waals surface area contributed by atoms with Crippen LogP contribution in [0.5, 0.6) is 0 Å². The van der Waals surface area contributed by atoms with Crippen LogP contribution in [-0.2, 0) is 16.0 Å². The van der Waals surface area contributed by atoms with Crippen LogP contribution in [0.3, 0.4) is 0 Å². The minimum absolute atomic E-state index is 0.110. The first-order chi connectivity index (χ1) is 8.79. The van der Waals surface area contributed by atoms with Crippen molar-refractivity contribution >= 4 is 16.7 Å². The van der Waals surface area contributed by atoms with Crippen molar-refractivity contribution in [2.24, 2.45) is 0 Å². The molecule has 1 atom stereocenters. The van der Waals surface area contributed by atoms with Crippen LogP contribution in [0.1, 0.15) is 29.9 Å². The van der Waals surface area contributed by atoms with E-state index in [-0.39, 0.29) is 5.97 Å². The van der Waals surface area contributed by atoms with Gasteiger partial charge in [0.15, 0.2) is 0 Å². The number of methoxy groups -OCH3 is 1. The Morgan fingerprint density at radius 3 is 2.94 bits per heavy atom. The van der Waals surface area contributed by atoms with Crippen LogP contribution in [0.4, 0.5) is 0 Å². The SMILES string of the molecule is COC(=O)CC1CCc2ccc3ccccc3c21. The molecule has 0 saturated heterocycles. The van der Waals surface area contributed by atoms with Gasteiger partial charge in [-0.15, -0.1) is 0 Å². The Morgan fingerprint density at radius 2 is 2.11 bits per heavy atom. The zero-order chi connectivity index (χ0) is 12.5. The molecule has 2 aromatic carbocycles. The van der Waals surface area contributed by atoms with Gasteiger partial charge >= 0.3 is 5.97 Å². The van der Waals surface area contributed by atoms with Gasteiger partial charge in [-0.2, -0.15) is 0 Å². The molecule has 2 heteroatoms. The van der Waals surface area contributed by atoms with E-state index in [0.29, 0.717) is 12.3 Å². The predicted octanol–water partition coefficient (Wildman–Crippen LogP) is 3.43. The Balaban J connectivity index is 2.08. The molecule has 0 saturated carbocycles. The number of esters is 1. The number of rotatable bonds is 2. The Labute approximate surface area is 107 Å². The number of fused-ring (bicyclic) bond motifs is 3. The number of hydrogen-bond donors (Lipinski definition) is 0. The van der Waals surface area contributed by atoms with Crippen molar-refractivity contribution in [2.75, 3.05) is 7.11 Å². The molecule has 1 aliphatic carbocycles. The quantitative estimate of drug-likeness (QED) is 0.752. The van der Waals surface area contributed by atoms with Gasteiger partial charge in [0, 0.05) is 0 Å². The number of benzene rings is 2. The summed E-state index contributed by atoms with van der Waals surface area (Å²) in [6, 6.07) is 12.8. The number of carbonyl (C=O) groups excluding carboxylic acids is 1. The maximum atomic E-state index is 11.5. The zero-order valence-corrected chi connectivity index (χ0v) is 10.5. The van der Waals surface area contributed by atoms with Gasteiger partial charge in [0.1, 0.15) is 0 Å². The summed E-state index contributed by atoms with van der Waals surface area (Å²) in [6.07, 6.45) is 2.62. The Bertz CT molecular complexity index is 601. The van der Waals surface area contributed by atoms with Crippen molar-refractivity contribution in [3.63, 3.8) is 0 Å². The Hall–Kier alpha value is -1.83. The fourth-order valence-electron chi connectivity index (χ4n) is 3.00. The van der Waals surface area contributed by atoms with E-state index in [2.05, 4.69) is 36.4 Å². The molecule has 0 aliphatic heterocycles. The molecule has 18 heavy (non-hydrogen) atoms. The van der Waals surface area contributed by atoms with Gasteiger partial charge in [-0.1, -0.05) is 36.4 Å². The Kier molecular flexibility index (Phi) is 2.78. The van der Waals surface area contributed by atoms with E-state index >= 15 is 0 Å². The maximum absolute atomic E-state index is 11.5. The predicted molar refractivity (Wildman–Crippen MR) is 71.6 cm³/mol. The molecule has 92 valence electrons. The molecular formula is C16H16O2. The second-order valence-electron chi connectivity index (χ2n) is 4.88. The largest absolute Gasteiger partial charge is 0.469 e. The third kappa shape index (κ3) is 1.78. The molecule has 0 amide bonds. The smallest absolute Gasteiger partial charge is 0.306 e. The highest BCUT2D eigenvalue weighted by atomic mass is 16.5. The zero-order valence-electron chi connectivity index (χ0n) is 10.5. The topological polar surface area (TPSA) is 26.3 Å². The lowest BCUT2D eigenvalue weighted by Gasteiger charge is -2.13. The molecule has 0 spiro atoms. The number of aryl methyl sites for hydroxylation is 1. The maximum Gasteiger partial charge on any atom is 0.306 e. The molecule has 0 aromatic heterocycles. The molecule has 3 rings (SSSR count). The first kappa shape index (κ1) is 11.3. The summed E-state index contributed by atoms with van der Waals surface area (Å²) in [5.74, 6) is 0.208. The van der Waals surface area contributed by atoms with Crippen LogP contribution >= 0.6 is 0 Å². The lowest BCUT2D eigenvalue weighted by molar-refractivity contribution is -0.141. The monoisotopic (exact) mass is 240 g/mol. The van der Waals surface area contributed by atoms with E-state index in [1.165, 1.54) is 29.0 Å². The molecule has 2 aromatic rings. The van der Waals surface area contributed by atoms with E-state index in [1.807, 2.05) is 0 Å². The van der Waals surface area contributed by atoms with Crippen LogP contribution in [0.2, 0.25) is 0 Å². The van der Waals surface area contributed by atoms with Crippen molar-refractivity contribution in [2.45, 2.75) is 25.2 Å². The van der Waals surface area contributed by atoms with E-state index in [1.54, 1.807) is 0 Å².